The van der Waals surface area contributed by atoms with Gasteiger partial charge in [-0.1, -0.05) is 31.5 Å². The molecule has 0 unspecified atom stereocenters. The molecule has 34 heavy (non-hydrogen) atoms. The first-order chi connectivity index (χ1) is 16.5. The van der Waals surface area contributed by atoms with Gasteiger partial charge < -0.3 is 9.52 Å². The van der Waals surface area contributed by atoms with E-state index in [1.807, 2.05) is 13.0 Å². The van der Waals surface area contributed by atoms with Gasteiger partial charge in [0.1, 0.15) is 11.4 Å². The Labute approximate surface area is 195 Å². The van der Waals surface area contributed by atoms with E-state index in [1.165, 1.54) is 12.1 Å². The number of carbonyl (C=O) groups excluding carboxylic acids is 1. The standard InChI is InChI=1S/C25H22N4O5/c1-2-3-10-22(31)27-25-23(16-7-6-13-26-15-16)28-24(34-25)20-9-5-4-8-18(20)19-12-11-17(29(32)33)14-21(19)30/h4-9,11-15,30H,2-3,10H2,1H3,(H,27,31). The van der Waals surface area contributed by atoms with E-state index in [4.69, 9.17) is 4.42 Å². The lowest BCUT2D eigenvalue weighted by Crippen LogP contribution is -2.11. The Hall–Kier alpha value is -4.53. The molecule has 172 valence electrons. The zero-order valence-electron chi connectivity index (χ0n) is 18.4. The predicted molar refractivity (Wildman–Crippen MR) is 127 cm³/mol. The summed E-state index contributed by atoms with van der Waals surface area (Å²) in [5.74, 6) is -0.00501. The summed E-state index contributed by atoms with van der Waals surface area (Å²) in [7, 11) is 0. The maximum absolute atomic E-state index is 12.4. The fourth-order valence-electron chi connectivity index (χ4n) is 3.51. The number of nitrogens with zero attached hydrogens (tertiary/aromatic N) is 3. The highest BCUT2D eigenvalue weighted by Crippen LogP contribution is 2.40. The maximum atomic E-state index is 12.4. The molecule has 0 aliphatic carbocycles. The van der Waals surface area contributed by atoms with Crippen LogP contribution in [-0.4, -0.2) is 25.9 Å². The number of phenols is 1. The number of benzene rings is 2. The number of anilines is 1. The molecule has 0 bridgehead atoms. The van der Waals surface area contributed by atoms with Gasteiger partial charge in [0.05, 0.1) is 11.0 Å². The topological polar surface area (TPSA) is 131 Å². The van der Waals surface area contributed by atoms with Gasteiger partial charge in [0.2, 0.25) is 17.7 Å². The zero-order chi connectivity index (χ0) is 24.1. The molecule has 9 nitrogen and oxygen atoms in total. The van der Waals surface area contributed by atoms with Gasteiger partial charge in [0.25, 0.3) is 5.69 Å². The van der Waals surface area contributed by atoms with E-state index in [9.17, 15) is 20.0 Å². The van der Waals surface area contributed by atoms with Crippen LogP contribution in [0.15, 0.2) is 71.4 Å². The first-order valence-corrected chi connectivity index (χ1v) is 10.8. The molecule has 4 rings (SSSR count). The highest BCUT2D eigenvalue weighted by Gasteiger charge is 2.22. The van der Waals surface area contributed by atoms with Crippen LogP contribution >= 0.6 is 0 Å². The lowest BCUT2D eigenvalue weighted by molar-refractivity contribution is -0.384. The van der Waals surface area contributed by atoms with Crippen molar-refractivity contribution in [3.63, 3.8) is 0 Å². The lowest BCUT2D eigenvalue weighted by atomic mass is 9.98. The van der Waals surface area contributed by atoms with Crippen LogP contribution in [0.2, 0.25) is 0 Å². The number of pyridine rings is 1. The Morgan fingerprint density at radius 2 is 1.91 bits per heavy atom. The number of amides is 1. The van der Waals surface area contributed by atoms with Gasteiger partial charge in [-0.3, -0.25) is 25.2 Å². The number of hydrogen-bond acceptors (Lipinski definition) is 7. The number of hydrogen-bond donors (Lipinski definition) is 2. The highest BCUT2D eigenvalue weighted by atomic mass is 16.6. The van der Waals surface area contributed by atoms with Crippen LogP contribution in [0, 0.1) is 10.1 Å². The average molecular weight is 458 g/mol. The van der Waals surface area contributed by atoms with Crippen molar-refractivity contribution < 1.29 is 19.2 Å². The molecule has 2 aromatic carbocycles. The summed E-state index contributed by atoms with van der Waals surface area (Å²) in [4.78, 5) is 31.7. The van der Waals surface area contributed by atoms with E-state index in [0.717, 1.165) is 18.9 Å². The quantitative estimate of drug-likeness (QED) is 0.251. The molecule has 0 fully saturated rings. The minimum Gasteiger partial charge on any atom is -0.507 e. The smallest absolute Gasteiger partial charge is 0.273 e. The largest absolute Gasteiger partial charge is 0.507 e. The van der Waals surface area contributed by atoms with Crippen molar-refractivity contribution in [2.45, 2.75) is 26.2 Å². The third kappa shape index (κ3) is 4.78. The number of non-ortho nitro benzene ring substituents is 1. The van der Waals surface area contributed by atoms with Crippen LogP contribution in [-0.2, 0) is 4.79 Å². The Balaban J connectivity index is 1.80. The molecule has 0 aliphatic heterocycles. The molecule has 0 spiro atoms. The van der Waals surface area contributed by atoms with Crippen molar-refractivity contribution in [1.29, 1.82) is 0 Å². The number of aromatic nitrogens is 2. The number of rotatable bonds is 8. The van der Waals surface area contributed by atoms with E-state index in [2.05, 4.69) is 15.3 Å². The number of phenolic OH excluding ortho intramolecular Hbond substituents is 1. The first kappa shape index (κ1) is 22.7. The van der Waals surface area contributed by atoms with E-state index in [1.54, 1.807) is 42.7 Å². The number of nitrogens with one attached hydrogen (secondary N) is 1. The second kappa shape index (κ2) is 9.95. The normalized spacial score (nSPS) is 10.7. The molecule has 0 atom stereocenters. The van der Waals surface area contributed by atoms with Crippen LogP contribution in [0.1, 0.15) is 26.2 Å². The van der Waals surface area contributed by atoms with Gasteiger partial charge >= 0.3 is 0 Å². The van der Waals surface area contributed by atoms with E-state index < -0.39 is 4.92 Å². The Morgan fingerprint density at radius 3 is 2.59 bits per heavy atom. The van der Waals surface area contributed by atoms with Gasteiger partial charge in [-0.2, -0.15) is 0 Å². The van der Waals surface area contributed by atoms with Gasteiger partial charge in [-0.05, 0) is 36.2 Å². The minimum atomic E-state index is -0.572. The van der Waals surface area contributed by atoms with Crippen molar-refractivity contribution in [3.8, 4) is 39.6 Å². The van der Waals surface area contributed by atoms with Gasteiger partial charge in [0.15, 0.2) is 0 Å². The maximum Gasteiger partial charge on any atom is 0.273 e. The molecule has 0 saturated carbocycles. The number of unbranched alkanes of at least 4 members (excludes halogenated alkanes) is 1. The Morgan fingerprint density at radius 1 is 1.12 bits per heavy atom. The number of oxazole rings is 1. The lowest BCUT2D eigenvalue weighted by Gasteiger charge is -2.09. The minimum absolute atomic E-state index is 0.184. The van der Waals surface area contributed by atoms with E-state index >= 15 is 0 Å². The third-order valence-corrected chi connectivity index (χ3v) is 5.21. The fourth-order valence-corrected chi connectivity index (χ4v) is 3.51. The van der Waals surface area contributed by atoms with E-state index in [0.29, 0.717) is 34.4 Å². The third-order valence-electron chi connectivity index (χ3n) is 5.21. The van der Waals surface area contributed by atoms with Crippen molar-refractivity contribution in [2.24, 2.45) is 0 Å². The molecule has 4 aromatic rings. The van der Waals surface area contributed by atoms with Crippen molar-refractivity contribution in [2.75, 3.05) is 5.32 Å². The molecule has 0 saturated heterocycles. The van der Waals surface area contributed by atoms with Crippen molar-refractivity contribution >= 4 is 17.5 Å². The molecule has 2 aromatic heterocycles. The van der Waals surface area contributed by atoms with Crippen LogP contribution in [0.25, 0.3) is 33.8 Å². The molecule has 9 heteroatoms. The van der Waals surface area contributed by atoms with Gasteiger partial charge in [-0.25, -0.2) is 4.98 Å². The predicted octanol–water partition coefficient (Wildman–Crippen LogP) is 5.81. The number of nitro groups is 1. The van der Waals surface area contributed by atoms with Crippen molar-refractivity contribution in [1.82, 2.24) is 9.97 Å². The average Bonchev–Trinajstić information content (AvgIpc) is 3.26. The zero-order valence-corrected chi connectivity index (χ0v) is 18.4. The monoisotopic (exact) mass is 458 g/mol. The molecular weight excluding hydrogens is 436 g/mol. The second-order valence-corrected chi connectivity index (χ2v) is 7.59. The molecule has 0 aliphatic rings. The molecule has 0 radical (unpaired) electrons. The molecule has 2 heterocycles. The number of aromatic hydroxyl groups is 1. The van der Waals surface area contributed by atoms with Crippen molar-refractivity contribution in [3.05, 3.63) is 77.1 Å². The van der Waals surface area contributed by atoms with Crippen LogP contribution in [0.5, 0.6) is 5.75 Å². The highest BCUT2D eigenvalue weighted by molar-refractivity contribution is 5.93. The molecule has 1 amide bonds. The summed E-state index contributed by atoms with van der Waals surface area (Å²) in [5.41, 5.74) is 2.37. The second-order valence-electron chi connectivity index (χ2n) is 7.59. The Kier molecular flexibility index (Phi) is 6.63. The summed E-state index contributed by atoms with van der Waals surface area (Å²) in [6, 6.07) is 14.5. The van der Waals surface area contributed by atoms with Crippen LogP contribution in [0.3, 0.4) is 0 Å². The van der Waals surface area contributed by atoms with Crippen LogP contribution < -0.4 is 5.32 Å². The fraction of sp³-hybridized carbons (Fsp3) is 0.160. The summed E-state index contributed by atoms with van der Waals surface area (Å²) in [6.45, 7) is 2.01. The van der Waals surface area contributed by atoms with Gasteiger partial charge in [-0.15, -0.1) is 0 Å². The number of nitro benzene ring substituents is 1. The summed E-state index contributed by atoms with van der Waals surface area (Å²) < 4.78 is 6.01. The van der Waals surface area contributed by atoms with Gasteiger partial charge in [0, 0.05) is 41.6 Å². The van der Waals surface area contributed by atoms with Crippen LogP contribution in [0.4, 0.5) is 11.6 Å². The number of carbonyl (C=O) groups is 1. The Bertz CT molecular complexity index is 1330. The summed E-state index contributed by atoms with van der Waals surface area (Å²) in [6.07, 6.45) is 5.24. The van der Waals surface area contributed by atoms with E-state index in [-0.39, 0.29) is 29.1 Å². The SMILES string of the molecule is CCCCC(=O)Nc1oc(-c2ccccc2-c2ccc([N+](=O)[O-])cc2O)nc1-c1cccnc1. The molecular formula is C25H22N4O5. The summed E-state index contributed by atoms with van der Waals surface area (Å²) >= 11 is 0. The first-order valence-electron chi connectivity index (χ1n) is 10.8. The summed E-state index contributed by atoms with van der Waals surface area (Å²) in [5, 5.41) is 24.3. The molecule has 2 N–H and O–H groups in total.